The summed E-state index contributed by atoms with van der Waals surface area (Å²) in [6.45, 7) is 2.49. The van der Waals surface area contributed by atoms with Crippen molar-refractivity contribution in [1.29, 1.82) is 0 Å². The van der Waals surface area contributed by atoms with Gasteiger partial charge < -0.3 is 19.7 Å². The predicted octanol–water partition coefficient (Wildman–Crippen LogP) is 1.21. The van der Waals surface area contributed by atoms with E-state index in [9.17, 15) is 9.59 Å². The Kier molecular flexibility index (Phi) is 5.69. The lowest BCUT2D eigenvalue weighted by atomic mass is 10.0. The number of benzene rings is 1. The van der Waals surface area contributed by atoms with E-state index in [-0.39, 0.29) is 30.4 Å². The van der Waals surface area contributed by atoms with Crippen molar-refractivity contribution < 1.29 is 19.1 Å². The van der Waals surface area contributed by atoms with E-state index in [0.29, 0.717) is 25.4 Å². The molecule has 2 saturated heterocycles. The molecule has 0 aliphatic carbocycles. The van der Waals surface area contributed by atoms with Crippen molar-refractivity contribution in [3.8, 4) is 5.75 Å². The summed E-state index contributed by atoms with van der Waals surface area (Å²) in [5, 5.41) is 3.05. The lowest BCUT2D eigenvalue weighted by molar-refractivity contribution is -0.133. The molecule has 0 radical (unpaired) electrons. The zero-order valence-corrected chi connectivity index (χ0v) is 13.8. The molecule has 1 aromatic rings. The number of likely N-dealkylation sites (tertiary alicyclic amines) is 1. The summed E-state index contributed by atoms with van der Waals surface area (Å²) in [6, 6.07) is 9.32. The second kappa shape index (κ2) is 8.15. The van der Waals surface area contributed by atoms with E-state index in [1.807, 2.05) is 30.3 Å². The monoisotopic (exact) mass is 332 g/mol. The number of carbonyl (C=O) groups excluding carboxylic acids is 2. The van der Waals surface area contributed by atoms with Crippen molar-refractivity contribution in [2.75, 3.05) is 32.9 Å². The van der Waals surface area contributed by atoms with Crippen LogP contribution in [-0.4, -0.2) is 55.7 Å². The molecule has 6 heteroatoms. The summed E-state index contributed by atoms with van der Waals surface area (Å²) in [4.78, 5) is 26.2. The third-order valence-corrected chi connectivity index (χ3v) is 4.52. The molecule has 2 aliphatic rings. The van der Waals surface area contributed by atoms with Gasteiger partial charge in [0.05, 0.1) is 12.5 Å². The standard InChI is InChI=1S/C18H24N2O4/c21-17(13-24-16-6-2-1-3-7-16)20-9-8-15(11-20)19-18(22)14-5-4-10-23-12-14/h1-3,6-7,14-15H,4-5,8-13H2,(H,19,22). The first-order valence-electron chi connectivity index (χ1n) is 8.56. The van der Waals surface area contributed by atoms with Crippen LogP contribution >= 0.6 is 0 Å². The molecule has 0 bridgehead atoms. The van der Waals surface area contributed by atoms with E-state index in [1.54, 1.807) is 4.90 Å². The number of para-hydroxylation sites is 1. The number of nitrogens with one attached hydrogen (secondary N) is 1. The Morgan fingerprint density at radius 3 is 2.83 bits per heavy atom. The molecular formula is C18H24N2O4. The zero-order chi connectivity index (χ0) is 16.8. The van der Waals surface area contributed by atoms with Gasteiger partial charge in [0.25, 0.3) is 5.91 Å². The summed E-state index contributed by atoms with van der Waals surface area (Å²) in [5.74, 6) is 0.642. The van der Waals surface area contributed by atoms with Crippen LogP contribution < -0.4 is 10.1 Å². The zero-order valence-electron chi connectivity index (χ0n) is 13.8. The normalized spacial score (nSPS) is 23.8. The quantitative estimate of drug-likeness (QED) is 0.880. The van der Waals surface area contributed by atoms with Crippen LogP contribution in [0, 0.1) is 5.92 Å². The van der Waals surface area contributed by atoms with Crippen molar-refractivity contribution in [2.24, 2.45) is 5.92 Å². The second-order valence-corrected chi connectivity index (χ2v) is 6.35. The molecule has 3 rings (SSSR count). The molecule has 1 aromatic carbocycles. The Morgan fingerprint density at radius 2 is 2.08 bits per heavy atom. The molecule has 0 aromatic heterocycles. The number of hydrogen-bond donors (Lipinski definition) is 1. The molecule has 0 spiro atoms. The highest BCUT2D eigenvalue weighted by atomic mass is 16.5. The van der Waals surface area contributed by atoms with Crippen molar-refractivity contribution in [3.05, 3.63) is 30.3 Å². The molecule has 0 saturated carbocycles. The summed E-state index contributed by atoms with van der Waals surface area (Å²) >= 11 is 0. The van der Waals surface area contributed by atoms with Gasteiger partial charge in [-0.05, 0) is 31.4 Å². The van der Waals surface area contributed by atoms with Gasteiger partial charge in [0.2, 0.25) is 5.91 Å². The van der Waals surface area contributed by atoms with Gasteiger partial charge in [-0.25, -0.2) is 0 Å². The number of ether oxygens (including phenoxy) is 2. The Balaban J connectivity index is 1.41. The van der Waals surface area contributed by atoms with E-state index in [1.165, 1.54) is 0 Å². The van der Waals surface area contributed by atoms with Crippen molar-refractivity contribution in [2.45, 2.75) is 25.3 Å². The third kappa shape index (κ3) is 4.47. The number of rotatable bonds is 5. The average Bonchev–Trinajstić information content (AvgIpc) is 3.10. The fourth-order valence-electron chi connectivity index (χ4n) is 3.12. The predicted molar refractivity (Wildman–Crippen MR) is 88.6 cm³/mol. The number of carbonyl (C=O) groups is 2. The SMILES string of the molecule is O=C(NC1CCN(C(=O)COc2ccccc2)C1)C1CCCOC1. The first kappa shape index (κ1) is 16.8. The van der Waals surface area contributed by atoms with E-state index in [2.05, 4.69) is 5.32 Å². The lowest BCUT2D eigenvalue weighted by Crippen LogP contribution is -2.43. The van der Waals surface area contributed by atoms with Crippen LogP contribution in [-0.2, 0) is 14.3 Å². The maximum absolute atomic E-state index is 12.2. The molecule has 2 heterocycles. The Morgan fingerprint density at radius 1 is 1.25 bits per heavy atom. The minimum Gasteiger partial charge on any atom is -0.484 e. The number of hydrogen-bond acceptors (Lipinski definition) is 4. The minimum atomic E-state index is -0.0510. The Hall–Kier alpha value is -2.08. The molecule has 2 aliphatic heterocycles. The van der Waals surface area contributed by atoms with Gasteiger partial charge in [-0.2, -0.15) is 0 Å². The Bertz CT molecular complexity index is 557. The molecule has 130 valence electrons. The largest absolute Gasteiger partial charge is 0.484 e. The highest BCUT2D eigenvalue weighted by Gasteiger charge is 2.30. The molecule has 2 unspecified atom stereocenters. The number of nitrogens with zero attached hydrogens (tertiary/aromatic N) is 1. The minimum absolute atomic E-state index is 0.0279. The highest BCUT2D eigenvalue weighted by Crippen LogP contribution is 2.16. The molecule has 2 fully saturated rings. The van der Waals surface area contributed by atoms with E-state index >= 15 is 0 Å². The van der Waals surface area contributed by atoms with Crippen LogP contribution in [0.1, 0.15) is 19.3 Å². The molecule has 6 nitrogen and oxygen atoms in total. The van der Waals surface area contributed by atoms with E-state index < -0.39 is 0 Å². The highest BCUT2D eigenvalue weighted by molar-refractivity contribution is 5.80. The first-order chi connectivity index (χ1) is 11.7. The van der Waals surface area contributed by atoms with Crippen LogP contribution in [0.15, 0.2) is 30.3 Å². The fourth-order valence-corrected chi connectivity index (χ4v) is 3.12. The van der Waals surface area contributed by atoms with Crippen LogP contribution in [0.3, 0.4) is 0 Å². The Labute approximate surface area is 142 Å². The van der Waals surface area contributed by atoms with Crippen LogP contribution in [0.25, 0.3) is 0 Å². The second-order valence-electron chi connectivity index (χ2n) is 6.35. The molecule has 1 N–H and O–H groups in total. The first-order valence-corrected chi connectivity index (χ1v) is 8.56. The van der Waals surface area contributed by atoms with Gasteiger partial charge >= 0.3 is 0 Å². The van der Waals surface area contributed by atoms with E-state index in [4.69, 9.17) is 9.47 Å². The van der Waals surface area contributed by atoms with Crippen molar-refractivity contribution >= 4 is 11.8 Å². The topological polar surface area (TPSA) is 67.9 Å². The summed E-state index contributed by atoms with van der Waals surface area (Å²) in [6.07, 6.45) is 2.60. The lowest BCUT2D eigenvalue weighted by Gasteiger charge is -2.23. The molecular weight excluding hydrogens is 308 g/mol. The molecule has 24 heavy (non-hydrogen) atoms. The molecule has 2 amide bonds. The van der Waals surface area contributed by atoms with Gasteiger partial charge in [-0.1, -0.05) is 18.2 Å². The maximum atomic E-state index is 12.2. The van der Waals surface area contributed by atoms with Gasteiger partial charge in [0.1, 0.15) is 5.75 Å². The summed E-state index contributed by atoms with van der Waals surface area (Å²) < 4.78 is 10.9. The summed E-state index contributed by atoms with van der Waals surface area (Å²) in [7, 11) is 0. The fraction of sp³-hybridized carbons (Fsp3) is 0.556. The van der Waals surface area contributed by atoms with Crippen LogP contribution in [0.5, 0.6) is 5.75 Å². The molecule has 2 atom stereocenters. The van der Waals surface area contributed by atoms with Crippen LogP contribution in [0.2, 0.25) is 0 Å². The van der Waals surface area contributed by atoms with Gasteiger partial charge in [0, 0.05) is 25.7 Å². The van der Waals surface area contributed by atoms with Crippen LogP contribution in [0.4, 0.5) is 0 Å². The van der Waals surface area contributed by atoms with Gasteiger partial charge in [-0.3, -0.25) is 9.59 Å². The number of amides is 2. The van der Waals surface area contributed by atoms with Crippen molar-refractivity contribution in [1.82, 2.24) is 10.2 Å². The average molecular weight is 332 g/mol. The van der Waals surface area contributed by atoms with E-state index in [0.717, 1.165) is 25.9 Å². The van der Waals surface area contributed by atoms with Crippen molar-refractivity contribution in [3.63, 3.8) is 0 Å². The smallest absolute Gasteiger partial charge is 0.260 e. The summed E-state index contributed by atoms with van der Waals surface area (Å²) in [5.41, 5.74) is 0. The van der Waals surface area contributed by atoms with Gasteiger partial charge in [0.15, 0.2) is 6.61 Å². The maximum Gasteiger partial charge on any atom is 0.260 e. The third-order valence-electron chi connectivity index (χ3n) is 4.52. The van der Waals surface area contributed by atoms with Gasteiger partial charge in [-0.15, -0.1) is 0 Å².